The fraction of sp³-hybridized carbons (Fsp3) is 0.250. The molecule has 80 valence electrons. The van der Waals surface area contributed by atoms with Crippen molar-refractivity contribution in [1.29, 1.82) is 0 Å². The number of benzene rings is 1. The summed E-state index contributed by atoms with van der Waals surface area (Å²) < 4.78 is 0. The normalized spacial score (nSPS) is 11.8. The van der Waals surface area contributed by atoms with Crippen LogP contribution >= 0.6 is 0 Å². The van der Waals surface area contributed by atoms with Gasteiger partial charge in [-0.1, -0.05) is 18.2 Å². The van der Waals surface area contributed by atoms with E-state index in [4.69, 9.17) is 5.11 Å². The number of carbonyl (C=O) groups is 1. The summed E-state index contributed by atoms with van der Waals surface area (Å²) in [7, 11) is 0. The van der Waals surface area contributed by atoms with Crippen LogP contribution in [0.25, 0.3) is 0 Å². The Hall–Kier alpha value is -1.77. The van der Waals surface area contributed by atoms with Crippen molar-refractivity contribution in [2.45, 2.75) is 19.4 Å². The smallest absolute Gasteiger partial charge is 0.337 e. The number of nitrogens with one attached hydrogen (secondary N) is 1. The summed E-state index contributed by atoms with van der Waals surface area (Å²) in [5, 5.41) is 12.1. The fourth-order valence-electron chi connectivity index (χ4n) is 1.37. The first-order chi connectivity index (χ1) is 7.15. The summed E-state index contributed by atoms with van der Waals surface area (Å²) in [5.74, 6) is -0.913. The van der Waals surface area contributed by atoms with E-state index in [1.165, 1.54) is 0 Å². The van der Waals surface area contributed by atoms with Gasteiger partial charge in [-0.15, -0.1) is 6.58 Å². The Morgan fingerprint density at radius 1 is 1.60 bits per heavy atom. The Morgan fingerprint density at radius 2 is 2.27 bits per heavy atom. The van der Waals surface area contributed by atoms with E-state index in [-0.39, 0.29) is 6.04 Å². The lowest BCUT2D eigenvalue weighted by atomic mass is 10.1. The highest BCUT2D eigenvalue weighted by atomic mass is 16.4. The van der Waals surface area contributed by atoms with Gasteiger partial charge < -0.3 is 10.4 Å². The van der Waals surface area contributed by atoms with E-state index in [0.29, 0.717) is 11.3 Å². The third-order valence-corrected chi connectivity index (χ3v) is 2.08. The van der Waals surface area contributed by atoms with Crippen LogP contribution in [0.2, 0.25) is 0 Å². The average molecular weight is 205 g/mol. The molecule has 0 aliphatic heterocycles. The molecule has 1 aromatic rings. The lowest BCUT2D eigenvalue weighted by molar-refractivity contribution is 0.0698. The summed E-state index contributed by atoms with van der Waals surface area (Å²) >= 11 is 0. The van der Waals surface area contributed by atoms with Gasteiger partial charge in [-0.3, -0.25) is 0 Å². The Labute approximate surface area is 89.4 Å². The first-order valence-corrected chi connectivity index (χ1v) is 4.85. The molecule has 1 aromatic carbocycles. The topological polar surface area (TPSA) is 49.3 Å². The van der Waals surface area contributed by atoms with Crippen molar-refractivity contribution in [3.05, 3.63) is 42.5 Å². The Balaban J connectivity index is 2.84. The minimum atomic E-state index is -0.913. The number of aromatic carboxylic acids is 1. The summed E-state index contributed by atoms with van der Waals surface area (Å²) in [6.45, 7) is 5.63. The number of rotatable bonds is 5. The van der Waals surface area contributed by atoms with Gasteiger partial charge in [0.05, 0.1) is 5.56 Å². The lowest BCUT2D eigenvalue weighted by Gasteiger charge is -2.14. The van der Waals surface area contributed by atoms with Crippen LogP contribution in [-0.2, 0) is 0 Å². The summed E-state index contributed by atoms with van der Waals surface area (Å²) in [4.78, 5) is 10.9. The number of anilines is 1. The van der Waals surface area contributed by atoms with E-state index >= 15 is 0 Å². The molecule has 0 saturated carbocycles. The van der Waals surface area contributed by atoms with E-state index in [9.17, 15) is 4.79 Å². The standard InChI is InChI=1S/C12H15NO2/c1-3-6-9(2)13-11-8-5-4-7-10(11)12(14)15/h3-5,7-9,13H,1,6H2,2H3,(H,14,15). The van der Waals surface area contributed by atoms with Crippen LogP contribution in [0, 0.1) is 0 Å². The second-order valence-corrected chi connectivity index (χ2v) is 3.42. The van der Waals surface area contributed by atoms with Crippen LogP contribution in [0.3, 0.4) is 0 Å². The maximum absolute atomic E-state index is 10.9. The zero-order valence-corrected chi connectivity index (χ0v) is 8.73. The molecule has 15 heavy (non-hydrogen) atoms. The summed E-state index contributed by atoms with van der Waals surface area (Å²) in [6, 6.07) is 7.07. The Kier molecular flexibility index (Phi) is 3.92. The SMILES string of the molecule is C=CCC(C)Nc1ccccc1C(=O)O. The first-order valence-electron chi connectivity index (χ1n) is 4.85. The molecule has 2 N–H and O–H groups in total. The van der Waals surface area contributed by atoms with Gasteiger partial charge >= 0.3 is 5.97 Å². The van der Waals surface area contributed by atoms with Crippen LogP contribution in [0.15, 0.2) is 36.9 Å². The van der Waals surface area contributed by atoms with Crippen molar-refractivity contribution in [3.63, 3.8) is 0 Å². The second kappa shape index (κ2) is 5.20. The van der Waals surface area contributed by atoms with Gasteiger partial charge in [0.1, 0.15) is 0 Å². The molecule has 1 rings (SSSR count). The van der Waals surface area contributed by atoms with Crippen LogP contribution < -0.4 is 5.32 Å². The molecular formula is C12H15NO2. The zero-order valence-electron chi connectivity index (χ0n) is 8.73. The largest absolute Gasteiger partial charge is 0.478 e. The monoisotopic (exact) mass is 205 g/mol. The van der Waals surface area contributed by atoms with Gasteiger partial charge in [-0.2, -0.15) is 0 Å². The number of para-hydroxylation sites is 1. The van der Waals surface area contributed by atoms with Crippen molar-refractivity contribution in [1.82, 2.24) is 0 Å². The molecule has 0 fully saturated rings. The van der Waals surface area contributed by atoms with Crippen molar-refractivity contribution < 1.29 is 9.90 Å². The molecule has 0 saturated heterocycles. The number of carboxylic acid groups (broad SMARTS) is 1. The first kappa shape index (κ1) is 11.3. The molecule has 0 bridgehead atoms. The van der Waals surface area contributed by atoms with Gasteiger partial charge in [0.2, 0.25) is 0 Å². The fourth-order valence-corrected chi connectivity index (χ4v) is 1.37. The molecule has 0 aromatic heterocycles. The zero-order chi connectivity index (χ0) is 11.3. The predicted octanol–water partition coefficient (Wildman–Crippen LogP) is 2.76. The number of carboxylic acids is 1. The molecule has 3 nitrogen and oxygen atoms in total. The van der Waals surface area contributed by atoms with E-state index in [1.807, 2.05) is 13.0 Å². The highest BCUT2D eigenvalue weighted by Gasteiger charge is 2.09. The molecule has 0 amide bonds. The van der Waals surface area contributed by atoms with Crippen LogP contribution in [0.4, 0.5) is 5.69 Å². The molecule has 0 heterocycles. The molecule has 0 radical (unpaired) electrons. The molecule has 1 atom stereocenters. The van der Waals surface area contributed by atoms with E-state index in [2.05, 4.69) is 11.9 Å². The third-order valence-electron chi connectivity index (χ3n) is 2.08. The molecule has 0 aliphatic carbocycles. The summed E-state index contributed by atoms with van der Waals surface area (Å²) in [5.41, 5.74) is 0.952. The van der Waals surface area contributed by atoms with Crippen molar-refractivity contribution in [3.8, 4) is 0 Å². The maximum Gasteiger partial charge on any atom is 0.337 e. The van der Waals surface area contributed by atoms with Crippen LogP contribution in [0.1, 0.15) is 23.7 Å². The highest BCUT2D eigenvalue weighted by molar-refractivity contribution is 5.94. The maximum atomic E-state index is 10.9. The van der Waals surface area contributed by atoms with Crippen LogP contribution in [-0.4, -0.2) is 17.1 Å². The lowest BCUT2D eigenvalue weighted by Crippen LogP contribution is -2.16. The average Bonchev–Trinajstić information content (AvgIpc) is 2.18. The minimum Gasteiger partial charge on any atom is -0.478 e. The second-order valence-electron chi connectivity index (χ2n) is 3.42. The van der Waals surface area contributed by atoms with Gasteiger partial charge in [0.15, 0.2) is 0 Å². The molecular weight excluding hydrogens is 190 g/mol. The minimum absolute atomic E-state index is 0.183. The van der Waals surface area contributed by atoms with Crippen molar-refractivity contribution in [2.24, 2.45) is 0 Å². The molecule has 3 heteroatoms. The van der Waals surface area contributed by atoms with E-state index in [1.54, 1.807) is 24.3 Å². The number of hydrogen-bond donors (Lipinski definition) is 2. The van der Waals surface area contributed by atoms with Gasteiger partial charge in [0, 0.05) is 11.7 Å². The predicted molar refractivity (Wildman–Crippen MR) is 61.3 cm³/mol. The van der Waals surface area contributed by atoms with Crippen LogP contribution in [0.5, 0.6) is 0 Å². The Bertz CT molecular complexity index is 360. The van der Waals surface area contributed by atoms with Gasteiger partial charge in [-0.05, 0) is 25.5 Å². The summed E-state index contributed by atoms with van der Waals surface area (Å²) in [6.07, 6.45) is 2.61. The third kappa shape index (κ3) is 3.13. The van der Waals surface area contributed by atoms with Crippen molar-refractivity contribution >= 4 is 11.7 Å². The Morgan fingerprint density at radius 3 is 2.87 bits per heavy atom. The van der Waals surface area contributed by atoms with E-state index in [0.717, 1.165) is 6.42 Å². The highest BCUT2D eigenvalue weighted by Crippen LogP contribution is 2.16. The van der Waals surface area contributed by atoms with Crippen molar-refractivity contribution in [2.75, 3.05) is 5.32 Å². The molecule has 0 aliphatic rings. The molecule has 1 unspecified atom stereocenters. The van der Waals surface area contributed by atoms with E-state index < -0.39 is 5.97 Å². The number of hydrogen-bond acceptors (Lipinski definition) is 2. The molecule has 0 spiro atoms. The quantitative estimate of drug-likeness (QED) is 0.727. The van der Waals surface area contributed by atoms with Gasteiger partial charge in [0.25, 0.3) is 0 Å². The van der Waals surface area contributed by atoms with Gasteiger partial charge in [-0.25, -0.2) is 4.79 Å².